The summed E-state index contributed by atoms with van der Waals surface area (Å²) in [5.41, 5.74) is -0.298. The Hall–Kier alpha value is -2.42. The van der Waals surface area contributed by atoms with Crippen LogP contribution in [-0.4, -0.2) is 40.6 Å². The Kier molecular flexibility index (Phi) is 4.03. The van der Waals surface area contributed by atoms with E-state index in [1.165, 1.54) is 12.1 Å². The summed E-state index contributed by atoms with van der Waals surface area (Å²) in [5, 5.41) is 6.48. The smallest absolute Gasteiger partial charge is 0.354 e. The van der Waals surface area contributed by atoms with Gasteiger partial charge in [0, 0.05) is 18.7 Å². The molecule has 3 rings (SSSR count). The molecule has 0 unspecified atom stereocenters. The van der Waals surface area contributed by atoms with Crippen LogP contribution in [0, 0.1) is 0 Å². The fraction of sp³-hybridized carbons (Fsp3) is 0.357. The topological polar surface area (TPSA) is 71.3 Å². The number of halogens is 3. The third kappa shape index (κ3) is 3.67. The number of carbonyl (C=O) groups excluding carboxylic acids is 1. The van der Waals surface area contributed by atoms with Crippen molar-refractivity contribution in [2.24, 2.45) is 0 Å². The number of rotatable bonds is 3. The molecule has 1 saturated heterocycles. The minimum atomic E-state index is -4.38. The molecular formula is C14H13F3N4O2. The number of nitrogens with one attached hydrogen (secondary N) is 1. The zero-order chi connectivity index (χ0) is 16.4. The molecule has 0 bridgehead atoms. The number of carbonyl (C=O) groups is 1. The molecule has 0 spiro atoms. The van der Waals surface area contributed by atoms with Crippen LogP contribution in [0.2, 0.25) is 0 Å². The predicted octanol–water partition coefficient (Wildman–Crippen LogP) is 1.69. The normalized spacial score (nSPS) is 16.4. The molecule has 9 heteroatoms. The Labute approximate surface area is 129 Å². The van der Waals surface area contributed by atoms with E-state index >= 15 is 0 Å². The Morgan fingerprint density at radius 1 is 1.26 bits per heavy atom. The molecule has 0 saturated carbocycles. The van der Waals surface area contributed by atoms with Gasteiger partial charge in [0.25, 0.3) is 0 Å². The summed E-state index contributed by atoms with van der Waals surface area (Å²) >= 11 is 0. The van der Waals surface area contributed by atoms with Crippen LogP contribution in [0.3, 0.4) is 0 Å². The fourth-order valence-corrected chi connectivity index (χ4v) is 2.26. The van der Waals surface area contributed by atoms with Gasteiger partial charge in [-0.15, -0.1) is 0 Å². The van der Waals surface area contributed by atoms with E-state index in [1.54, 1.807) is 0 Å². The summed E-state index contributed by atoms with van der Waals surface area (Å²) in [4.78, 5) is 17.3. The lowest BCUT2D eigenvalue weighted by Crippen LogP contribution is -2.47. The van der Waals surface area contributed by atoms with Gasteiger partial charge in [-0.25, -0.2) is 0 Å². The van der Waals surface area contributed by atoms with Gasteiger partial charge >= 0.3 is 6.18 Å². The molecule has 1 aromatic heterocycles. The van der Waals surface area contributed by atoms with Crippen LogP contribution in [0.1, 0.15) is 11.5 Å². The zero-order valence-corrected chi connectivity index (χ0v) is 11.9. The molecule has 1 N–H and O–H groups in total. The second kappa shape index (κ2) is 5.99. The van der Waals surface area contributed by atoms with Gasteiger partial charge in [0.2, 0.25) is 17.6 Å². The van der Waals surface area contributed by atoms with Crippen molar-refractivity contribution in [2.45, 2.75) is 12.7 Å². The highest BCUT2D eigenvalue weighted by Gasteiger charge is 2.30. The first-order valence-corrected chi connectivity index (χ1v) is 6.91. The van der Waals surface area contributed by atoms with Crippen molar-refractivity contribution < 1.29 is 22.5 Å². The molecule has 6 nitrogen and oxygen atoms in total. The van der Waals surface area contributed by atoms with E-state index in [4.69, 9.17) is 4.52 Å². The molecule has 0 aliphatic carbocycles. The van der Waals surface area contributed by atoms with Crippen molar-refractivity contribution in [1.82, 2.24) is 20.4 Å². The highest BCUT2D eigenvalue weighted by atomic mass is 19.4. The number of aromatic nitrogens is 2. The summed E-state index contributed by atoms with van der Waals surface area (Å²) in [6, 6.07) is 4.54. The van der Waals surface area contributed by atoms with E-state index in [9.17, 15) is 18.0 Å². The maximum absolute atomic E-state index is 12.5. The third-order valence-corrected chi connectivity index (χ3v) is 3.41. The predicted molar refractivity (Wildman–Crippen MR) is 73.0 cm³/mol. The number of amides is 1. The molecule has 0 radical (unpaired) electrons. The lowest BCUT2D eigenvalue weighted by Gasteiger charge is -2.24. The fourth-order valence-electron chi connectivity index (χ4n) is 2.26. The molecular weight excluding hydrogens is 313 g/mol. The largest absolute Gasteiger partial charge is 0.416 e. The second-order valence-corrected chi connectivity index (χ2v) is 5.15. The number of hydrogen-bond acceptors (Lipinski definition) is 5. The molecule has 1 aromatic carbocycles. The summed E-state index contributed by atoms with van der Waals surface area (Å²) in [5.74, 6) is 0.462. The van der Waals surface area contributed by atoms with Gasteiger partial charge in [0.05, 0.1) is 18.7 Å². The maximum atomic E-state index is 12.5. The van der Waals surface area contributed by atoms with Crippen LogP contribution in [0.25, 0.3) is 11.4 Å². The highest BCUT2D eigenvalue weighted by Crippen LogP contribution is 2.30. The van der Waals surface area contributed by atoms with Crippen molar-refractivity contribution in [1.29, 1.82) is 0 Å². The van der Waals surface area contributed by atoms with Gasteiger partial charge in [-0.05, 0) is 12.1 Å². The molecule has 0 atom stereocenters. The lowest BCUT2D eigenvalue weighted by atomic mass is 10.1. The quantitative estimate of drug-likeness (QED) is 0.929. The Balaban J connectivity index is 1.70. The molecule has 23 heavy (non-hydrogen) atoms. The zero-order valence-electron chi connectivity index (χ0n) is 11.9. The molecule has 1 aliphatic heterocycles. The van der Waals surface area contributed by atoms with Crippen LogP contribution < -0.4 is 5.32 Å². The Morgan fingerprint density at radius 3 is 2.65 bits per heavy atom. The Bertz CT molecular complexity index is 697. The van der Waals surface area contributed by atoms with Crippen molar-refractivity contribution in [3.63, 3.8) is 0 Å². The van der Waals surface area contributed by atoms with Gasteiger partial charge in [-0.1, -0.05) is 17.3 Å². The van der Waals surface area contributed by atoms with Crippen LogP contribution in [-0.2, 0) is 17.5 Å². The Morgan fingerprint density at radius 2 is 2.00 bits per heavy atom. The SMILES string of the molecule is O=C1CN(Cc2nc(-c3ccc(C(F)(F)F)cc3)no2)CCN1. The van der Waals surface area contributed by atoms with E-state index in [-0.39, 0.29) is 18.3 Å². The van der Waals surface area contributed by atoms with E-state index in [2.05, 4.69) is 15.5 Å². The molecule has 1 aliphatic rings. The van der Waals surface area contributed by atoms with E-state index in [0.29, 0.717) is 31.1 Å². The molecule has 122 valence electrons. The highest BCUT2D eigenvalue weighted by molar-refractivity contribution is 5.78. The van der Waals surface area contributed by atoms with Gasteiger partial charge < -0.3 is 9.84 Å². The van der Waals surface area contributed by atoms with Gasteiger partial charge in [-0.2, -0.15) is 18.2 Å². The molecule has 1 amide bonds. The van der Waals surface area contributed by atoms with E-state index in [0.717, 1.165) is 12.1 Å². The van der Waals surface area contributed by atoms with Crippen LogP contribution in [0.5, 0.6) is 0 Å². The third-order valence-electron chi connectivity index (χ3n) is 3.41. The average Bonchev–Trinajstić information content (AvgIpc) is 2.95. The van der Waals surface area contributed by atoms with E-state index in [1.807, 2.05) is 4.90 Å². The van der Waals surface area contributed by atoms with Crippen LogP contribution in [0.15, 0.2) is 28.8 Å². The van der Waals surface area contributed by atoms with E-state index < -0.39 is 11.7 Å². The van der Waals surface area contributed by atoms with Gasteiger partial charge in [0.15, 0.2) is 0 Å². The number of piperazine rings is 1. The van der Waals surface area contributed by atoms with Crippen LogP contribution >= 0.6 is 0 Å². The number of hydrogen-bond donors (Lipinski definition) is 1. The number of nitrogens with zero attached hydrogens (tertiary/aromatic N) is 3. The standard InChI is InChI=1S/C14H13F3N4O2/c15-14(16,17)10-3-1-9(2-4-10)13-19-12(23-20-13)8-21-6-5-18-11(22)7-21/h1-4H,5-8H2,(H,18,22). The average molecular weight is 326 g/mol. The van der Waals surface area contributed by atoms with Crippen molar-refractivity contribution >= 4 is 5.91 Å². The van der Waals surface area contributed by atoms with Crippen LogP contribution in [0.4, 0.5) is 13.2 Å². The summed E-state index contributed by atoms with van der Waals surface area (Å²) in [6.45, 7) is 1.79. The first-order chi connectivity index (χ1) is 10.9. The van der Waals surface area contributed by atoms with Gasteiger partial charge in [-0.3, -0.25) is 9.69 Å². The minimum absolute atomic E-state index is 0.0706. The second-order valence-electron chi connectivity index (χ2n) is 5.15. The minimum Gasteiger partial charge on any atom is -0.354 e. The molecule has 2 aromatic rings. The number of benzene rings is 1. The monoisotopic (exact) mass is 326 g/mol. The summed E-state index contributed by atoms with van der Waals surface area (Å²) in [7, 11) is 0. The summed E-state index contributed by atoms with van der Waals surface area (Å²) in [6.07, 6.45) is -4.38. The summed E-state index contributed by atoms with van der Waals surface area (Å²) < 4.78 is 42.7. The molecule has 2 heterocycles. The first kappa shape index (κ1) is 15.5. The molecule has 1 fully saturated rings. The lowest BCUT2D eigenvalue weighted by molar-refractivity contribution is -0.137. The van der Waals surface area contributed by atoms with Crippen molar-refractivity contribution in [2.75, 3.05) is 19.6 Å². The van der Waals surface area contributed by atoms with Gasteiger partial charge in [0.1, 0.15) is 0 Å². The van der Waals surface area contributed by atoms with Crippen molar-refractivity contribution in [3.05, 3.63) is 35.7 Å². The maximum Gasteiger partial charge on any atom is 0.416 e. The van der Waals surface area contributed by atoms with Crippen molar-refractivity contribution in [3.8, 4) is 11.4 Å². The first-order valence-electron chi connectivity index (χ1n) is 6.91. The number of alkyl halides is 3.